The van der Waals surface area contributed by atoms with Crippen molar-refractivity contribution in [2.24, 2.45) is 0 Å². The molecule has 3 rings (SSSR count). The molecule has 0 radical (unpaired) electrons. The van der Waals surface area contributed by atoms with Gasteiger partial charge in [0.1, 0.15) is 0 Å². The largest absolute Gasteiger partial charge is 0.308 e. The topological polar surface area (TPSA) is 20.3 Å². The Morgan fingerprint density at radius 3 is 2.67 bits per heavy atom. The van der Waals surface area contributed by atoms with E-state index in [1.165, 1.54) is 11.1 Å². The van der Waals surface area contributed by atoms with Gasteiger partial charge in [-0.1, -0.05) is 40.9 Å². The molecule has 1 amide bonds. The molecule has 0 atom stereocenters. The van der Waals surface area contributed by atoms with Gasteiger partial charge in [0, 0.05) is 17.8 Å². The van der Waals surface area contributed by atoms with E-state index in [1.807, 2.05) is 17.0 Å². The van der Waals surface area contributed by atoms with Crippen molar-refractivity contribution in [1.82, 2.24) is 0 Å². The lowest BCUT2D eigenvalue weighted by Crippen LogP contribution is -2.35. The fourth-order valence-electron chi connectivity index (χ4n) is 2.72. The zero-order valence-corrected chi connectivity index (χ0v) is 13.2. The van der Waals surface area contributed by atoms with Crippen LogP contribution in [-0.4, -0.2) is 12.5 Å². The van der Waals surface area contributed by atoms with Crippen LogP contribution in [0.4, 0.5) is 5.69 Å². The van der Waals surface area contributed by atoms with Crippen molar-refractivity contribution >= 4 is 34.8 Å². The summed E-state index contributed by atoms with van der Waals surface area (Å²) in [6.07, 6.45) is 1.99. The summed E-state index contributed by atoms with van der Waals surface area (Å²) < 4.78 is 0. The van der Waals surface area contributed by atoms with Crippen molar-refractivity contribution in [3.05, 3.63) is 63.1 Å². The summed E-state index contributed by atoms with van der Waals surface area (Å²) in [5, 5.41) is 0.867. The van der Waals surface area contributed by atoms with Crippen LogP contribution in [-0.2, 0) is 6.42 Å². The first-order valence-electron chi connectivity index (χ1n) is 6.93. The quantitative estimate of drug-likeness (QED) is 0.732. The number of rotatable bonds is 1. The van der Waals surface area contributed by atoms with Crippen molar-refractivity contribution in [3.63, 3.8) is 0 Å². The van der Waals surface area contributed by atoms with Crippen LogP contribution in [0.15, 0.2) is 36.4 Å². The van der Waals surface area contributed by atoms with Crippen LogP contribution < -0.4 is 4.90 Å². The molecule has 0 spiro atoms. The van der Waals surface area contributed by atoms with Gasteiger partial charge in [-0.15, -0.1) is 0 Å². The average Bonchev–Trinajstić information content (AvgIpc) is 2.48. The highest BCUT2D eigenvalue weighted by atomic mass is 35.5. The third-order valence-corrected chi connectivity index (χ3v) is 4.50. The van der Waals surface area contributed by atoms with Crippen LogP contribution in [0.5, 0.6) is 0 Å². The van der Waals surface area contributed by atoms with E-state index in [0.29, 0.717) is 15.6 Å². The Bertz CT molecular complexity index is 712. The number of fused-ring (bicyclic) bond motifs is 1. The summed E-state index contributed by atoms with van der Waals surface area (Å²) >= 11 is 11.9. The Kier molecular flexibility index (Phi) is 3.92. The lowest BCUT2D eigenvalue weighted by Gasteiger charge is -2.30. The Hall–Kier alpha value is -1.51. The zero-order valence-electron chi connectivity index (χ0n) is 11.7. The minimum atomic E-state index is -0.0293. The van der Waals surface area contributed by atoms with Crippen molar-refractivity contribution in [2.75, 3.05) is 11.4 Å². The Morgan fingerprint density at radius 1 is 1.10 bits per heavy atom. The number of nitrogens with zero attached hydrogens (tertiary/aromatic N) is 1. The maximum atomic E-state index is 12.7. The number of carbonyl (C=O) groups excluding carboxylic acids is 1. The molecule has 2 nitrogen and oxygen atoms in total. The lowest BCUT2D eigenvalue weighted by atomic mass is 9.99. The molecule has 2 aromatic rings. The standard InChI is InChI=1S/C17H15Cl2NO/c1-11-4-7-16-12(9-11)3-2-8-20(16)17(21)13-5-6-14(18)15(19)10-13/h4-7,9-10H,2-3,8H2,1H3. The highest BCUT2D eigenvalue weighted by Crippen LogP contribution is 2.30. The predicted molar refractivity (Wildman–Crippen MR) is 87.6 cm³/mol. The first-order chi connectivity index (χ1) is 10.1. The molecule has 0 saturated carbocycles. The molecule has 108 valence electrons. The first kappa shape index (κ1) is 14.4. The van der Waals surface area contributed by atoms with Crippen LogP contribution in [0.25, 0.3) is 0 Å². The van der Waals surface area contributed by atoms with E-state index in [4.69, 9.17) is 23.2 Å². The van der Waals surface area contributed by atoms with Crippen molar-refractivity contribution in [2.45, 2.75) is 19.8 Å². The fraction of sp³-hybridized carbons (Fsp3) is 0.235. The van der Waals surface area contributed by atoms with Crippen LogP contribution in [0, 0.1) is 6.92 Å². The van der Waals surface area contributed by atoms with Gasteiger partial charge in [0.15, 0.2) is 0 Å². The normalized spacial score (nSPS) is 14.0. The predicted octanol–water partition coefficient (Wildman–Crippen LogP) is 4.89. The van der Waals surface area contributed by atoms with Crippen LogP contribution in [0.3, 0.4) is 0 Å². The second kappa shape index (κ2) is 5.70. The molecular weight excluding hydrogens is 305 g/mol. The van der Waals surface area contributed by atoms with Gasteiger partial charge in [-0.2, -0.15) is 0 Å². The maximum Gasteiger partial charge on any atom is 0.258 e. The Morgan fingerprint density at radius 2 is 1.90 bits per heavy atom. The van der Waals surface area contributed by atoms with Gasteiger partial charge in [-0.25, -0.2) is 0 Å². The number of carbonyl (C=O) groups is 1. The number of halogens is 2. The molecule has 0 fully saturated rings. The zero-order chi connectivity index (χ0) is 15.0. The van der Waals surface area contributed by atoms with Crippen molar-refractivity contribution in [1.29, 1.82) is 0 Å². The summed E-state index contributed by atoms with van der Waals surface area (Å²) in [4.78, 5) is 14.6. The summed E-state index contributed by atoms with van der Waals surface area (Å²) in [5.41, 5.74) is 4.02. The van der Waals surface area contributed by atoms with Crippen LogP contribution >= 0.6 is 23.2 Å². The fourth-order valence-corrected chi connectivity index (χ4v) is 3.02. The van der Waals surface area contributed by atoms with Gasteiger partial charge in [0.2, 0.25) is 0 Å². The second-order valence-electron chi connectivity index (χ2n) is 5.32. The molecule has 1 aliphatic heterocycles. The van der Waals surface area contributed by atoms with E-state index in [-0.39, 0.29) is 5.91 Å². The van der Waals surface area contributed by atoms with Crippen molar-refractivity contribution < 1.29 is 4.79 Å². The van der Waals surface area contributed by atoms with E-state index in [0.717, 1.165) is 25.1 Å². The van der Waals surface area contributed by atoms with Crippen LogP contribution in [0.1, 0.15) is 27.9 Å². The smallest absolute Gasteiger partial charge is 0.258 e. The first-order valence-corrected chi connectivity index (χ1v) is 7.68. The number of amides is 1. The van der Waals surface area contributed by atoms with Crippen LogP contribution in [0.2, 0.25) is 10.0 Å². The van der Waals surface area contributed by atoms with Gasteiger partial charge in [0.05, 0.1) is 10.0 Å². The van der Waals surface area contributed by atoms with Gasteiger partial charge >= 0.3 is 0 Å². The maximum absolute atomic E-state index is 12.7. The third-order valence-electron chi connectivity index (χ3n) is 3.77. The second-order valence-corrected chi connectivity index (χ2v) is 6.14. The molecular formula is C17H15Cl2NO. The molecule has 0 unspecified atom stereocenters. The summed E-state index contributed by atoms with van der Waals surface area (Å²) in [6.45, 7) is 2.80. The number of aryl methyl sites for hydroxylation is 2. The minimum absolute atomic E-state index is 0.0293. The van der Waals surface area contributed by atoms with E-state index < -0.39 is 0 Å². The van der Waals surface area contributed by atoms with E-state index in [2.05, 4.69) is 13.0 Å². The van der Waals surface area contributed by atoms with Gasteiger partial charge < -0.3 is 4.90 Å². The number of hydrogen-bond acceptors (Lipinski definition) is 1. The summed E-state index contributed by atoms with van der Waals surface area (Å²) in [7, 11) is 0. The molecule has 0 bridgehead atoms. The van der Waals surface area contributed by atoms with Crippen molar-refractivity contribution in [3.8, 4) is 0 Å². The summed E-state index contributed by atoms with van der Waals surface area (Å²) in [5.74, 6) is -0.0293. The average molecular weight is 320 g/mol. The molecule has 21 heavy (non-hydrogen) atoms. The van der Waals surface area contributed by atoms with E-state index in [1.54, 1.807) is 18.2 Å². The molecule has 0 aliphatic carbocycles. The lowest BCUT2D eigenvalue weighted by molar-refractivity contribution is 0.0985. The number of anilines is 1. The molecule has 0 saturated heterocycles. The third kappa shape index (κ3) is 2.78. The number of hydrogen-bond donors (Lipinski definition) is 0. The molecule has 0 N–H and O–H groups in total. The van der Waals surface area contributed by atoms with Gasteiger partial charge in [-0.05, 0) is 49.6 Å². The Labute approximate surface area is 134 Å². The van der Waals surface area contributed by atoms with E-state index in [9.17, 15) is 4.79 Å². The minimum Gasteiger partial charge on any atom is -0.308 e. The highest BCUT2D eigenvalue weighted by Gasteiger charge is 2.23. The highest BCUT2D eigenvalue weighted by molar-refractivity contribution is 6.42. The molecule has 1 aliphatic rings. The summed E-state index contributed by atoms with van der Waals surface area (Å²) in [6, 6.07) is 11.2. The molecule has 4 heteroatoms. The molecule has 1 heterocycles. The molecule has 0 aromatic heterocycles. The monoisotopic (exact) mass is 319 g/mol. The SMILES string of the molecule is Cc1ccc2c(c1)CCCN2C(=O)c1ccc(Cl)c(Cl)c1. The Balaban J connectivity index is 1.98. The van der Waals surface area contributed by atoms with Gasteiger partial charge in [0.25, 0.3) is 5.91 Å². The van der Waals surface area contributed by atoms with E-state index >= 15 is 0 Å². The molecule has 2 aromatic carbocycles. The van der Waals surface area contributed by atoms with Gasteiger partial charge in [-0.3, -0.25) is 4.79 Å². The number of benzene rings is 2.